The fourth-order valence-corrected chi connectivity index (χ4v) is 7.08. The van der Waals surface area contributed by atoms with Gasteiger partial charge in [0, 0.05) is 41.8 Å². The molecule has 1 amide bonds. The average Bonchev–Trinajstić information content (AvgIpc) is 3.54. The van der Waals surface area contributed by atoms with Gasteiger partial charge in [0.1, 0.15) is 0 Å². The van der Waals surface area contributed by atoms with Crippen molar-refractivity contribution in [2.75, 3.05) is 11.9 Å². The molecule has 216 valence electrons. The van der Waals surface area contributed by atoms with Crippen LogP contribution < -0.4 is 10.7 Å². The Kier molecular flexibility index (Phi) is 7.60. The van der Waals surface area contributed by atoms with Gasteiger partial charge in [-0.2, -0.15) is 5.10 Å². The van der Waals surface area contributed by atoms with Gasteiger partial charge >= 0.3 is 0 Å². The van der Waals surface area contributed by atoms with Crippen molar-refractivity contribution in [3.63, 3.8) is 0 Å². The second-order valence-corrected chi connectivity index (χ2v) is 12.3. The van der Waals surface area contributed by atoms with Gasteiger partial charge in [0.05, 0.1) is 11.8 Å². The van der Waals surface area contributed by atoms with E-state index in [1.807, 2.05) is 43.3 Å². The predicted molar refractivity (Wildman–Crippen MR) is 175 cm³/mol. The molecule has 3 atom stereocenters. The van der Waals surface area contributed by atoms with Gasteiger partial charge in [-0.1, -0.05) is 84.4 Å². The van der Waals surface area contributed by atoms with Crippen LogP contribution in [0.4, 0.5) is 5.69 Å². The highest BCUT2D eigenvalue weighted by Crippen LogP contribution is 2.50. The molecule has 43 heavy (non-hydrogen) atoms. The lowest BCUT2D eigenvalue weighted by molar-refractivity contribution is 0.0955. The van der Waals surface area contributed by atoms with E-state index in [0.717, 1.165) is 60.0 Å². The van der Waals surface area contributed by atoms with Crippen molar-refractivity contribution in [3.8, 4) is 0 Å². The number of rotatable bonds is 6. The van der Waals surface area contributed by atoms with Crippen LogP contribution in [0.25, 0.3) is 0 Å². The van der Waals surface area contributed by atoms with E-state index < -0.39 is 0 Å². The van der Waals surface area contributed by atoms with Crippen LogP contribution in [0.3, 0.4) is 0 Å². The first-order valence-electron chi connectivity index (χ1n) is 15.1. The van der Waals surface area contributed by atoms with Crippen LogP contribution in [0, 0.1) is 5.92 Å². The summed E-state index contributed by atoms with van der Waals surface area (Å²) < 4.78 is 0. The standard InChI is InChI=1S/C37H35ClN4O/c1-24(28-17-18-35-33(21-28)30-10-6-11-31(30)36(39-35)32-9-4-5-12-34(32)38)40-41-37(43)27-15-13-25(14-16-27)22-42-20-19-26-7-2-3-8-29(26)23-42/h2-10,12-18,21,30-31,36,39H,11,19-20,22-23H2,1H3,(H,41,43)/b40-24-/t30-,31+,36-/m1/s1. The highest BCUT2D eigenvalue weighted by molar-refractivity contribution is 6.31. The van der Waals surface area contributed by atoms with Crippen molar-refractivity contribution in [2.24, 2.45) is 11.0 Å². The molecule has 4 aromatic rings. The zero-order chi connectivity index (χ0) is 29.3. The normalized spacial score (nSPS) is 21.0. The molecule has 6 heteroatoms. The molecule has 0 fully saturated rings. The molecule has 0 saturated heterocycles. The third-order valence-electron chi connectivity index (χ3n) is 9.18. The summed E-state index contributed by atoms with van der Waals surface area (Å²) in [4.78, 5) is 15.4. The molecule has 7 rings (SSSR count). The molecule has 2 N–H and O–H groups in total. The van der Waals surface area contributed by atoms with Gasteiger partial charge in [-0.05, 0) is 89.4 Å². The van der Waals surface area contributed by atoms with Crippen LogP contribution in [-0.4, -0.2) is 23.1 Å². The zero-order valence-corrected chi connectivity index (χ0v) is 25.0. The number of nitrogens with zero attached hydrogens (tertiary/aromatic N) is 2. The Morgan fingerprint density at radius 1 is 0.953 bits per heavy atom. The lowest BCUT2D eigenvalue weighted by Crippen LogP contribution is -2.30. The maximum Gasteiger partial charge on any atom is 0.271 e. The van der Waals surface area contributed by atoms with E-state index in [1.165, 1.54) is 22.3 Å². The number of halogens is 1. The number of hydrogen-bond donors (Lipinski definition) is 2. The summed E-state index contributed by atoms with van der Waals surface area (Å²) in [6, 6.07) is 31.2. The van der Waals surface area contributed by atoms with Crippen molar-refractivity contribution in [1.29, 1.82) is 0 Å². The van der Waals surface area contributed by atoms with Crippen LogP contribution in [0.5, 0.6) is 0 Å². The fourth-order valence-electron chi connectivity index (χ4n) is 6.83. The Morgan fingerprint density at radius 3 is 2.56 bits per heavy atom. The number of nitrogens with one attached hydrogen (secondary N) is 2. The van der Waals surface area contributed by atoms with Gasteiger partial charge in [0.25, 0.3) is 5.91 Å². The topological polar surface area (TPSA) is 56.7 Å². The average molecular weight is 587 g/mol. The van der Waals surface area contributed by atoms with E-state index in [0.29, 0.717) is 17.4 Å². The maximum absolute atomic E-state index is 12.9. The number of benzene rings is 4. The Bertz CT molecular complexity index is 1730. The maximum atomic E-state index is 12.9. The second kappa shape index (κ2) is 11.8. The van der Waals surface area contributed by atoms with E-state index in [-0.39, 0.29) is 11.9 Å². The molecule has 3 aliphatic rings. The number of allylic oxidation sites excluding steroid dienone is 2. The van der Waals surface area contributed by atoms with E-state index in [9.17, 15) is 4.79 Å². The van der Waals surface area contributed by atoms with Gasteiger partial charge in [0.15, 0.2) is 0 Å². The first-order valence-corrected chi connectivity index (χ1v) is 15.5. The van der Waals surface area contributed by atoms with E-state index in [1.54, 1.807) is 0 Å². The van der Waals surface area contributed by atoms with Crippen LogP contribution >= 0.6 is 11.6 Å². The number of anilines is 1. The minimum atomic E-state index is -0.209. The van der Waals surface area contributed by atoms with Gasteiger partial charge in [-0.15, -0.1) is 0 Å². The van der Waals surface area contributed by atoms with Gasteiger partial charge in [-0.25, -0.2) is 5.43 Å². The molecule has 5 nitrogen and oxygen atoms in total. The summed E-state index contributed by atoms with van der Waals surface area (Å²) >= 11 is 6.60. The number of fused-ring (bicyclic) bond motifs is 4. The highest BCUT2D eigenvalue weighted by Gasteiger charge is 2.38. The number of hydrogen-bond acceptors (Lipinski definition) is 4. The third-order valence-corrected chi connectivity index (χ3v) is 9.52. The van der Waals surface area contributed by atoms with Crippen LogP contribution in [0.2, 0.25) is 5.02 Å². The summed E-state index contributed by atoms with van der Waals surface area (Å²) in [5, 5.41) is 9.03. The zero-order valence-electron chi connectivity index (χ0n) is 24.3. The summed E-state index contributed by atoms with van der Waals surface area (Å²) in [5.74, 6) is 0.491. The molecule has 2 heterocycles. The molecular weight excluding hydrogens is 552 g/mol. The van der Waals surface area contributed by atoms with Crippen molar-refractivity contribution in [3.05, 3.63) is 147 Å². The van der Waals surface area contributed by atoms with E-state index in [4.69, 9.17) is 11.6 Å². The lowest BCUT2D eigenvalue weighted by Gasteiger charge is -2.38. The third kappa shape index (κ3) is 5.63. The molecule has 0 spiro atoms. The minimum absolute atomic E-state index is 0.157. The first kappa shape index (κ1) is 27.6. The van der Waals surface area contributed by atoms with Crippen LogP contribution in [0.15, 0.2) is 108 Å². The Labute approximate surface area is 258 Å². The molecule has 0 aromatic heterocycles. The summed E-state index contributed by atoms with van der Waals surface area (Å²) in [7, 11) is 0. The van der Waals surface area contributed by atoms with E-state index >= 15 is 0 Å². The van der Waals surface area contributed by atoms with Crippen LogP contribution in [0.1, 0.15) is 69.0 Å². The minimum Gasteiger partial charge on any atom is -0.378 e. The monoisotopic (exact) mass is 586 g/mol. The summed E-state index contributed by atoms with van der Waals surface area (Å²) in [6.07, 6.45) is 6.68. The Hall–Kier alpha value is -4.19. The highest BCUT2D eigenvalue weighted by atomic mass is 35.5. The van der Waals surface area contributed by atoms with Crippen LogP contribution in [-0.2, 0) is 19.5 Å². The molecule has 2 aliphatic heterocycles. The number of carbonyl (C=O) groups excluding carboxylic acids is 1. The van der Waals surface area contributed by atoms with Crippen molar-refractivity contribution in [2.45, 2.75) is 44.8 Å². The molecule has 0 radical (unpaired) electrons. The quantitative estimate of drug-likeness (QED) is 0.137. The van der Waals surface area contributed by atoms with Gasteiger partial charge in [-0.3, -0.25) is 9.69 Å². The molecule has 0 bridgehead atoms. The fraction of sp³-hybridized carbons (Fsp3) is 0.243. The SMILES string of the molecule is C/C(=N/NC(=O)c1ccc(CN2CCc3ccccc3C2)cc1)c1ccc2c(c1)[C@@H]1C=CC[C@@H]1[C@H](c1ccccc1Cl)N2. The first-order chi connectivity index (χ1) is 21.0. The Balaban J connectivity index is 1.01. The van der Waals surface area contributed by atoms with E-state index in [2.05, 4.69) is 87.5 Å². The smallest absolute Gasteiger partial charge is 0.271 e. The molecule has 0 saturated carbocycles. The van der Waals surface area contributed by atoms with Crippen molar-refractivity contribution < 1.29 is 4.79 Å². The number of amides is 1. The Morgan fingerprint density at radius 2 is 1.72 bits per heavy atom. The van der Waals surface area contributed by atoms with Crippen molar-refractivity contribution in [1.82, 2.24) is 10.3 Å². The van der Waals surface area contributed by atoms with Gasteiger partial charge in [0.2, 0.25) is 0 Å². The number of hydrazone groups is 1. The molecule has 1 aliphatic carbocycles. The molecule has 0 unspecified atom stereocenters. The van der Waals surface area contributed by atoms with Crippen molar-refractivity contribution >= 4 is 28.9 Å². The largest absolute Gasteiger partial charge is 0.378 e. The molecule has 4 aromatic carbocycles. The summed E-state index contributed by atoms with van der Waals surface area (Å²) in [5.41, 5.74) is 12.7. The molecular formula is C37H35ClN4O. The lowest BCUT2D eigenvalue weighted by atomic mass is 9.76. The number of carbonyl (C=O) groups is 1. The summed E-state index contributed by atoms with van der Waals surface area (Å²) in [6.45, 7) is 4.82. The second-order valence-electron chi connectivity index (χ2n) is 11.9. The predicted octanol–water partition coefficient (Wildman–Crippen LogP) is 7.88. The van der Waals surface area contributed by atoms with Gasteiger partial charge < -0.3 is 5.32 Å².